The highest BCUT2D eigenvalue weighted by molar-refractivity contribution is 7.26. The van der Waals surface area contributed by atoms with Crippen molar-refractivity contribution in [2.24, 2.45) is 0 Å². The van der Waals surface area contributed by atoms with Crippen molar-refractivity contribution in [3.05, 3.63) is 23.1 Å². The molecule has 5 nitrogen and oxygen atoms in total. The van der Waals surface area contributed by atoms with E-state index < -0.39 is 0 Å². The molecule has 0 bridgehead atoms. The normalized spacial score (nSPS) is 13.7. The number of anilines is 1. The Labute approximate surface area is 171 Å². The Hall–Kier alpha value is -1.79. The molecule has 0 radical (unpaired) electrons. The lowest BCUT2D eigenvalue weighted by Crippen LogP contribution is -2.25. The minimum absolute atomic E-state index is 0.934. The zero-order valence-electron chi connectivity index (χ0n) is 17.3. The molecule has 1 N–H and O–H groups in total. The number of hydrogen-bond acceptors (Lipinski definition) is 6. The van der Waals surface area contributed by atoms with Crippen LogP contribution in [0.25, 0.3) is 20.4 Å². The van der Waals surface area contributed by atoms with Crippen molar-refractivity contribution in [1.29, 1.82) is 0 Å². The van der Waals surface area contributed by atoms with E-state index in [0.717, 1.165) is 72.7 Å². The number of hydrogen-bond donors (Lipinski definition) is 1. The molecular formula is C22H31N5S. The van der Waals surface area contributed by atoms with Gasteiger partial charge in [-0.1, -0.05) is 27.2 Å². The van der Waals surface area contributed by atoms with Crippen LogP contribution in [0.3, 0.4) is 0 Å². The summed E-state index contributed by atoms with van der Waals surface area (Å²) in [5.41, 5.74) is 5.41. The van der Waals surface area contributed by atoms with Crippen LogP contribution in [0.15, 0.2) is 6.33 Å². The predicted octanol–water partition coefficient (Wildman–Crippen LogP) is 4.82. The maximum absolute atomic E-state index is 5.07. The van der Waals surface area contributed by atoms with Gasteiger partial charge in [0.2, 0.25) is 0 Å². The summed E-state index contributed by atoms with van der Waals surface area (Å²) >= 11 is 1.76. The number of thiophene rings is 1. The van der Waals surface area contributed by atoms with Crippen LogP contribution in [0.4, 0.5) is 5.82 Å². The lowest BCUT2D eigenvalue weighted by atomic mass is 10.0. The van der Waals surface area contributed by atoms with Crippen LogP contribution in [0.1, 0.15) is 56.9 Å². The smallest absolute Gasteiger partial charge is 0.147 e. The Morgan fingerprint density at radius 2 is 1.93 bits per heavy atom. The third-order valence-electron chi connectivity index (χ3n) is 5.88. The first-order valence-corrected chi connectivity index (χ1v) is 11.6. The zero-order valence-corrected chi connectivity index (χ0v) is 18.2. The van der Waals surface area contributed by atoms with Crippen LogP contribution in [-0.2, 0) is 19.3 Å². The molecule has 28 heavy (non-hydrogen) atoms. The van der Waals surface area contributed by atoms with Crippen molar-refractivity contribution < 1.29 is 0 Å². The molecule has 3 heterocycles. The van der Waals surface area contributed by atoms with E-state index in [1.165, 1.54) is 35.0 Å². The van der Waals surface area contributed by atoms with Crippen molar-refractivity contribution in [2.75, 3.05) is 31.5 Å². The molecule has 0 spiro atoms. The standard InChI is InChI=1S/C22H31N5S/c1-4-9-17-15-10-7-11-16(15)18-19-20(28-22(18)26-17)21(25-14-24-19)23-12-8-13-27(5-2)6-3/h14H,4-13H2,1-3H3,(H,23,24,25). The summed E-state index contributed by atoms with van der Waals surface area (Å²) in [6.45, 7) is 11.0. The summed E-state index contributed by atoms with van der Waals surface area (Å²) in [4.78, 5) is 17.9. The molecule has 150 valence electrons. The molecule has 4 rings (SSSR count). The Bertz CT molecular complexity index is 961. The predicted molar refractivity (Wildman–Crippen MR) is 120 cm³/mol. The van der Waals surface area contributed by atoms with Crippen molar-refractivity contribution >= 4 is 37.6 Å². The molecule has 0 saturated carbocycles. The van der Waals surface area contributed by atoms with Gasteiger partial charge in [-0.3, -0.25) is 0 Å². The highest BCUT2D eigenvalue weighted by Crippen LogP contribution is 2.41. The summed E-state index contributed by atoms with van der Waals surface area (Å²) in [5, 5.41) is 4.86. The number of fused-ring (bicyclic) bond motifs is 5. The molecule has 6 heteroatoms. The molecule has 0 atom stereocenters. The first kappa shape index (κ1) is 19.5. The SMILES string of the molecule is CCCc1nc2sc3c(NCCCN(CC)CC)ncnc3c2c2c1CCC2. The monoisotopic (exact) mass is 397 g/mol. The van der Waals surface area contributed by atoms with Crippen LogP contribution in [0.2, 0.25) is 0 Å². The van der Waals surface area contributed by atoms with E-state index in [1.807, 2.05) is 0 Å². The van der Waals surface area contributed by atoms with Crippen molar-refractivity contribution in [2.45, 2.75) is 59.3 Å². The lowest BCUT2D eigenvalue weighted by Gasteiger charge is -2.17. The molecule has 0 aromatic carbocycles. The largest absolute Gasteiger partial charge is 0.369 e. The summed E-state index contributed by atoms with van der Waals surface area (Å²) in [5.74, 6) is 0.969. The van der Waals surface area contributed by atoms with Gasteiger partial charge in [-0.15, -0.1) is 11.3 Å². The Kier molecular flexibility index (Phi) is 6.07. The minimum atomic E-state index is 0.934. The molecule has 1 aliphatic carbocycles. The fraction of sp³-hybridized carbons (Fsp3) is 0.591. The Balaban J connectivity index is 1.65. The van der Waals surface area contributed by atoms with E-state index in [4.69, 9.17) is 4.98 Å². The van der Waals surface area contributed by atoms with E-state index in [9.17, 15) is 0 Å². The highest BCUT2D eigenvalue weighted by Gasteiger charge is 2.23. The number of nitrogens with zero attached hydrogens (tertiary/aromatic N) is 4. The molecule has 1 aliphatic rings. The van der Waals surface area contributed by atoms with Gasteiger partial charge in [-0.25, -0.2) is 15.0 Å². The van der Waals surface area contributed by atoms with E-state index >= 15 is 0 Å². The van der Waals surface area contributed by atoms with E-state index in [2.05, 4.69) is 41.0 Å². The Morgan fingerprint density at radius 1 is 1.11 bits per heavy atom. The van der Waals surface area contributed by atoms with Gasteiger partial charge in [0.05, 0.1) is 10.2 Å². The molecular weight excluding hydrogens is 366 g/mol. The van der Waals surface area contributed by atoms with Crippen molar-refractivity contribution in [3.8, 4) is 0 Å². The summed E-state index contributed by atoms with van der Waals surface area (Å²) < 4.78 is 1.16. The summed E-state index contributed by atoms with van der Waals surface area (Å²) in [6.07, 6.45) is 8.63. The average Bonchev–Trinajstić information content (AvgIpc) is 3.33. The van der Waals surface area contributed by atoms with Gasteiger partial charge >= 0.3 is 0 Å². The fourth-order valence-corrected chi connectivity index (χ4v) is 5.54. The fourth-order valence-electron chi connectivity index (χ4n) is 4.40. The van der Waals surface area contributed by atoms with Crippen LogP contribution >= 0.6 is 11.3 Å². The maximum Gasteiger partial charge on any atom is 0.147 e. The summed E-state index contributed by atoms with van der Waals surface area (Å²) in [6, 6.07) is 0. The molecule has 3 aromatic heterocycles. The van der Waals surface area contributed by atoms with E-state index in [1.54, 1.807) is 17.7 Å². The van der Waals surface area contributed by atoms with Gasteiger partial charge < -0.3 is 10.2 Å². The number of pyridine rings is 1. The number of rotatable bonds is 9. The van der Waals surface area contributed by atoms with Gasteiger partial charge in [0, 0.05) is 17.6 Å². The molecule has 0 fully saturated rings. The summed E-state index contributed by atoms with van der Waals surface area (Å²) in [7, 11) is 0. The first-order chi connectivity index (χ1) is 13.8. The van der Waals surface area contributed by atoms with E-state index in [-0.39, 0.29) is 0 Å². The van der Waals surface area contributed by atoms with E-state index in [0.29, 0.717) is 0 Å². The molecule has 0 unspecified atom stereocenters. The lowest BCUT2D eigenvalue weighted by molar-refractivity contribution is 0.303. The third kappa shape index (κ3) is 3.60. The number of nitrogens with one attached hydrogen (secondary N) is 1. The second-order valence-electron chi connectivity index (χ2n) is 7.61. The molecule has 0 amide bonds. The van der Waals surface area contributed by atoms with Crippen LogP contribution in [0.5, 0.6) is 0 Å². The molecule has 0 saturated heterocycles. The van der Waals surface area contributed by atoms with Gasteiger partial charge in [-0.05, 0) is 62.9 Å². The van der Waals surface area contributed by atoms with Gasteiger partial charge in [0.25, 0.3) is 0 Å². The van der Waals surface area contributed by atoms with Gasteiger partial charge in [0.15, 0.2) is 0 Å². The van der Waals surface area contributed by atoms with Crippen LogP contribution in [0, 0.1) is 0 Å². The maximum atomic E-state index is 5.07. The van der Waals surface area contributed by atoms with Crippen LogP contribution in [-0.4, -0.2) is 46.0 Å². The first-order valence-electron chi connectivity index (χ1n) is 10.8. The number of aromatic nitrogens is 3. The second-order valence-corrected chi connectivity index (χ2v) is 8.61. The molecule has 3 aromatic rings. The van der Waals surface area contributed by atoms with Crippen LogP contribution < -0.4 is 5.32 Å². The van der Waals surface area contributed by atoms with Crippen molar-refractivity contribution in [3.63, 3.8) is 0 Å². The number of aryl methyl sites for hydroxylation is 2. The Morgan fingerprint density at radius 3 is 2.71 bits per heavy atom. The molecule has 0 aliphatic heterocycles. The topological polar surface area (TPSA) is 53.9 Å². The quantitative estimate of drug-likeness (QED) is 0.524. The second kappa shape index (κ2) is 8.70. The highest BCUT2D eigenvalue weighted by atomic mass is 32.1. The van der Waals surface area contributed by atoms with Crippen molar-refractivity contribution in [1.82, 2.24) is 19.9 Å². The van der Waals surface area contributed by atoms with Gasteiger partial charge in [-0.2, -0.15) is 0 Å². The minimum Gasteiger partial charge on any atom is -0.369 e. The third-order valence-corrected chi connectivity index (χ3v) is 6.96. The zero-order chi connectivity index (χ0) is 19.5. The van der Waals surface area contributed by atoms with Gasteiger partial charge in [0.1, 0.15) is 17.0 Å². The average molecular weight is 398 g/mol.